The third-order valence-electron chi connectivity index (χ3n) is 3.91. The normalized spacial score (nSPS) is 8.97. The fraction of sp³-hybridized carbons (Fsp3) is 0.120. The second-order valence-electron chi connectivity index (χ2n) is 6.13. The average molecular weight is 542 g/mol. The van der Waals surface area contributed by atoms with Crippen molar-refractivity contribution in [3.63, 3.8) is 0 Å². The van der Waals surface area contributed by atoms with E-state index in [0.29, 0.717) is 5.69 Å². The highest BCUT2D eigenvalue weighted by Crippen LogP contribution is 2.21. The summed E-state index contributed by atoms with van der Waals surface area (Å²) in [6, 6.07) is 27.8. The maximum Gasteiger partial charge on any atom is 0.149 e. The third-order valence-corrected chi connectivity index (χ3v) is 4.63. The SMILES string of the molecule is C.CNc1ncccc1N.CNc1ncccc1Nc1ccccc1.Ic1ccccc1. The summed E-state index contributed by atoms with van der Waals surface area (Å²) in [4.78, 5) is 8.18. The quantitative estimate of drug-likeness (QED) is 0.220. The second kappa shape index (κ2) is 15.5. The van der Waals surface area contributed by atoms with Gasteiger partial charge in [-0.1, -0.05) is 43.8 Å². The summed E-state index contributed by atoms with van der Waals surface area (Å²) in [5, 5.41) is 9.20. The van der Waals surface area contributed by atoms with Crippen LogP contribution in [-0.4, -0.2) is 24.1 Å². The van der Waals surface area contributed by atoms with Crippen LogP contribution in [0.5, 0.6) is 0 Å². The first-order chi connectivity index (χ1) is 15.1. The Morgan fingerprint density at radius 1 is 0.688 bits per heavy atom. The smallest absolute Gasteiger partial charge is 0.149 e. The molecular weight excluding hydrogens is 511 g/mol. The van der Waals surface area contributed by atoms with Crippen LogP contribution in [0.1, 0.15) is 7.43 Å². The van der Waals surface area contributed by atoms with Gasteiger partial charge in [0.1, 0.15) is 11.6 Å². The van der Waals surface area contributed by atoms with Gasteiger partial charge in [0, 0.05) is 35.7 Å². The standard InChI is InChI=1S/C12H13N3.C6H5I.C6H9N3.CH4/c1-13-12-11(8-5-9-14-12)15-10-6-3-2-4-7-10;7-6-4-2-1-3-5-6;1-8-6-5(7)3-2-4-9-6;/h2-9,15H,1H3,(H,13,14);1-5H;2-4H,7H2,1H3,(H,8,9);1H4. The minimum absolute atomic E-state index is 0. The Labute approximate surface area is 204 Å². The third kappa shape index (κ3) is 9.65. The summed E-state index contributed by atoms with van der Waals surface area (Å²) in [5.74, 6) is 1.58. The molecule has 168 valence electrons. The zero-order chi connectivity index (χ0) is 22.3. The number of hydrogen-bond acceptors (Lipinski definition) is 6. The van der Waals surface area contributed by atoms with E-state index in [-0.39, 0.29) is 7.43 Å². The van der Waals surface area contributed by atoms with Crippen molar-refractivity contribution in [3.8, 4) is 0 Å². The number of nitrogens with two attached hydrogens (primary N) is 1. The highest BCUT2D eigenvalue weighted by Gasteiger charge is 2.00. The number of para-hydroxylation sites is 1. The Hall–Kier alpha value is -3.33. The Kier molecular flexibility index (Phi) is 12.9. The number of aromatic nitrogens is 2. The molecule has 0 bridgehead atoms. The first kappa shape index (κ1) is 26.7. The molecule has 2 aromatic heterocycles. The topological polar surface area (TPSA) is 87.9 Å². The number of nitrogens with zero attached hydrogens (tertiary/aromatic N) is 2. The molecule has 0 fully saturated rings. The monoisotopic (exact) mass is 542 g/mol. The van der Waals surface area contributed by atoms with E-state index in [1.54, 1.807) is 31.6 Å². The number of anilines is 5. The van der Waals surface area contributed by atoms with Crippen molar-refractivity contribution in [2.24, 2.45) is 0 Å². The summed E-state index contributed by atoms with van der Waals surface area (Å²) in [6.07, 6.45) is 3.46. The minimum Gasteiger partial charge on any atom is -0.396 e. The maximum atomic E-state index is 5.51. The molecule has 7 heteroatoms. The number of nitrogens with one attached hydrogen (secondary N) is 3. The molecule has 4 rings (SSSR count). The lowest BCUT2D eigenvalue weighted by Crippen LogP contribution is -1.98. The second-order valence-corrected chi connectivity index (χ2v) is 7.37. The molecule has 0 unspecified atom stereocenters. The number of halogens is 1. The highest BCUT2D eigenvalue weighted by atomic mass is 127. The lowest BCUT2D eigenvalue weighted by molar-refractivity contribution is 1.28. The molecule has 0 amide bonds. The van der Waals surface area contributed by atoms with Crippen LogP contribution in [0.25, 0.3) is 0 Å². The molecule has 32 heavy (non-hydrogen) atoms. The van der Waals surface area contributed by atoms with Crippen molar-refractivity contribution in [1.82, 2.24) is 9.97 Å². The maximum absolute atomic E-state index is 5.51. The molecule has 4 aromatic rings. The van der Waals surface area contributed by atoms with Crippen molar-refractivity contribution >= 4 is 51.3 Å². The minimum atomic E-state index is 0. The van der Waals surface area contributed by atoms with E-state index in [1.807, 2.05) is 67.7 Å². The predicted molar refractivity (Wildman–Crippen MR) is 148 cm³/mol. The zero-order valence-electron chi connectivity index (χ0n) is 17.6. The summed E-state index contributed by atoms with van der Waals surface area (Å²) in [7, 11) is 3.65. The number of pyridine rings is 2. The van der Waals surface area contributed by atoms with Crippen molar-refractivity contribution in [2.45, 2.75) is 7.43 Å². The van der Waals surface area contributed by atoms with Crippen LogP contribution < -0.4 is 21.7 Å². The molecule has 2 heterocycles. The van der Waals surface area contributed by atoms with Gasteiger partial charge in [-0.2, -0.15) is 0 Å². The number of benzene rings is 2. The van der Waals surface area contributed by atoms with Gasteiger partial charge in [-0.3, -0.25) is 0 Å². The van der Waals surface area contributed by atoms with Crippen LogP contribution >= 0.6 is 22.6 Å². The number of rotatable bonds is 4. The molecule has 0 spiro atoms. The van der Waals surface area contributed by atoms with E-state index < -0.39 is 0 Å². The lowest BCUT2D eigenvalue weighted by atomic mass is 10.3. The highest BCUT2D eigenvalue weighted by molar-refractivity contribution is 14.1. The van der Waals surface area contributed by atoms with Crippen molar-refractivity contribution in [3.05, 3.63) is 101 Å². The van der Waals surface area contributed by atoms with Crippen LogP contribution in [0.4, 0.5) is 28.7 Å². The van der Waals surface area contributed by atoms with Crippen molar-refractivity contribution in [1.29, 1.82) is 0 Å². The molecule has 0 aliphatic heterocycles. The predicted octanol–water partition coefficient (Wildman–Crippen LogP) is 6.50. The van der Waals surface area contributed by atoms with E-state index in [9.17, 15) is 0 Å². The van der Waals surface area contributed by atoms with Crippen LogP contribution in [0.3, 0.4) is 0 Å². The zero-order valence-corrected chi connectivity index (χ0v) is 19.7. The largest absolute Gasteiger partial charge is 0.396 e. The lowest BCUT2D eigenvalue weighted by Gasteiger charge is -2.09. The van der Waals surface area contributed by atoms with Gasteiger partial charge < -0.3 is 21.7 Å². The molecule has 0 aliphatic carbocycles. The Morgan fingerprint density at radius 2 is 1.22 bits per heavy atom. The first-order valence-electron chi connectivity index (χ1n) is 9.67. The van der Waals surface area contributed by atoms with Crippen LogP contribution in [0.2, 0.25) is 0 Å². The van der Waals surface area contributed by atoms with Crippen molar-refractivity contribution in [2.75, 3.05) is 35.8 Å². The van der Waals surface area contributed by atoms with Gasteiger partial charge in [0.15, 0.2) is 0 Å². The van der Waals surface area contributed by atoms with Gasteiger partial charge in [0.25, 0.3) is 0 Å². The Balaban J connectivity index is 0.000000258. The van der Waals surface area contributed by atoms with Gasteiger partial charge in [0.05, 0.1) is 11.4 Å². The van der Waals surface area contributed by atoms with Gasteiger partial charge in [-0.25, -0.2) is 9.97 Å². The summed E-state index contributed by atoms with van der Waals surface area (Å²) >= 11 is 2.28. The van der Waals surface area contributed by atoms with E-state index in [4.69, 9.17) is 5.73 Å². The molecule has 6 nitrogen and oxygen atoms in total. The van der Waals surface area contributed by atoms with Gasteiger partial charge in [-0.05, 0) is 71.1 Å². The molecule has 2 aromatic carbocycles. The van der Waals surface area contributed by atoms with Crippen LogP contribution in [-0.2, 0) is 0 Å². The first-order valence-corrected chi connectivity index (χ1v) is 10.8. The Bertz CT molecular complexity index is 1010. The van der Waals surface area contributed by atoms with Crippen LogP contribution in [0.15, 0.2) is 97.3 Å². The van der Waals surface area contributed by atoms with E-state index >= 15 is 0 Å². The van der Waals surface area contributed by atoms with E-state index in [1.165, 1.54) is 3.57 Å². The molecular formula is C25H31IN6. The number of hydrogen-bond donors (Lipinski definition) is 4. The molecule has 0 atom stereocenters. The Morgan fingerprint density at radius 3 is 1.69 bits per heavy atom. The van der Waals surface area contributed by atoms with Gasteiger partial charge >= 0.3 is 0 Å². The molecule has 0 radical (unpaired) electrons. The van der Waals surface area contributed by atoms with Gasteiger partial charge in [0.2, 0.25) is 0 Å². The molecule has 5 N–H and O–H groups in total. The number of nitrogen functional groups attached to an aromatic ring is 1. The molecule has 0 saturated carbocycles. The fourth-order valence-electron chi connectivity index (χ4n) is 2.42. The molecule has 0 saturated heterocycles. The summed E-state index contributed by atoms with van der Waals surface area (Å²) in [5.41, 5.74) is 8.22. The fourth-order valence-corrected chi connectivity index (χ4v) is 2.84. The van der Waals surface area contributed by atoms with E-state index in [0.717, 1.165) is 23.0 Å². The van der Waals surface area contributed by atoms with Gasteiger partial charge in [-0.15, -0.1) is 0 Å². The summed E-state index contributed by atoms with van der Waals surface area (Å²) < 4.78 is 1.29. The molecule has 0 aliphatic rings. The van der Waals surface area contributed by atoms with E-state index in [2.05, 4.69) is 60.6 Å². The summed E-state index contributed by atoms with van der Waals surface area (Å²) in [6.45, 7) is 0. The van der Waals surface area contributed by atoms with Crippen molar-refractivity contribution < 1.29 is 0 Å². The van der Waals surface area contributed by atoms with Crippen LogP contribution in [0, 0.1) is 3.57 Å². The average Bonchev–Trinajstić information content (AvgIpc) is 2.82.